The first kappa shape index (κ1) is 18.9. The van der Waals surface area contributed by atoms with Crippen molar-refractivity contribution in [1.82, 2.24) is 14.5 Å². The number of aromatic nitrogens is 3. The lowest BCUT2D eigenvalue weighted by Gasteiger charge is -2.12. The summed E-state index contributed by atoms with van der Waals surface area (Å²) in [5.74, 6) is 1.56. The van der Waals surface area contributed by atoms with E-state index in [0.29, 0.717) is 18.0 Å². The fourth-order valence-electron chi connectivity index (χ4n) is 3.35. The van der Waals surface area contributed by atoms with E-state index in [1.807, 2.05) is 59.2 Å². The Labute approximate surface area is 178 Å². The average Bonchev–Trinajstić information content (AvgIpc) is 3.63. The first-order chi connectivity index (χ1) is 14.8. The van der Waals surface area contributed by atoms with Crippen LogP contribution in [0.1, 0.15) is 30.1 Å². The lowest BCUT2D eigenvalue weighted by molar-refractivity contribution is 0.301. The summed E-state index contributed by atoms with van der Waals surface area (Å²) in [5, 5.41) is 1.50. The molecule has 5 rings (SSSR count). The van der Waals surface area contributed by atoms with Gasteiger partial charge in [0.2, 0.25) is 0 Å². The smallest absolute Gasteiger partial charge is 0.262 e. The molecule has 0 atom stereocenters. The third kappa shape index (κ3) is 4.09. The Kier molecular flexibility index (Phi) is 5.24. The van der Waals surface area contributed by atoms with Crippen LogP contribution in [0.5, 0.6) is 5.75 Å². The van der Waals surface area contributed by atoms with Crippen LogP contribution in [0.3, 0.4) is 0 Å². The minimum absolute atomic E-state index is 0.0730. The zero-order valence-electron chi connectivity index (χ0n) is 16.4. The minimum Gasteiger partial charge on any atom is -0.487 e. The number of pyridine rings is 1. The second-order valence-corrected chi connectivity index (χ2v) is 8.30. The van der Waals surface area contributed by atoms with E-state index >= 15 is 0 Å². The normalized spacial score (nSPS) is 13.5. The monoisotopic (exact) mass is 415 g/mol. The van der Waals surface area contributed by atoms with Gasteiger partial charge in [-0.2, -0.15) is 0 Å². The van der Waals surface area contributed by atoms with Crippen molar-refractivity contribution in [2.45, 2.75) is 36.4 Å². The van der Waals surface area contributed by atoms with E-state index in [9.17, 15) is 4.79 Å². The van der Waals surface area contributed by atoms with Crippen molar-refractivity contribution < 1.29 is 4.74 Å². The molecule has 150 valence electrons. The number of fused-ring (bicyclic) bond motifs is 1. The molecule has 6 heteroatoms. The van der Waals surface area contributed by atoms with Crippen LogP contribution in [-0.4, -0.2) is 14.5 Å². The molecular weight excluding hydrogens is 394 g/mol. The number of hydrogen-bond donors (Lipinski definition) is 0. The van der Waals surface area contributed by atoms with Crippen molar-refractivity contribution in [3.8, 4) is 5.75 Å². The van der Waals surface area contributed by atoms with Crippen LogP contribution >= 0.6 is 11.8 Å². The van der Waals surface area contributed by atoms with Crippen molar-refractivity contribution in [3.05, 3.63) is 94.5 Å². The molecule has 2 heterocycles. The van der Waals surface area contributed by atoms with E-state index in [0.717, 1.165) is 46.3 Å². The van der Waals surface area contributed by atoms with E-state index in [1.54, 1.807) is 18.0 Å². The first-order valence-electron chi connectivity index (χ1n) is 10.0. The van der Waals surface area contributed by atoms with Gasteiger partial charge in [-0.05, 0) is 54.8 Å². The van der Waals surface area contributed by atoms with Crippen LogP contribution < -0.4 is 10.3 Å². The second kappa shape index (κ2) is 8.32. The average molecular weight is 416 g/mol. The first-order valence-corrected chi connectivity index (χ1v) is 11.0. The van der Waals surface area contributed by atoms with E-state index in [-0.39, 0.29) is 5.56 Å². The molecule has 0 spiro atoms. The Hall–Kier alpha value is -3.12. The number of nitrogens with zero attached hydrogens (tertiary/aromatic N) is 3. The van der Waals surface area contributed by atoms with Crippen molar-refractivity contribution in [3.63, 3.8) is 0 Å². The molecular formula is C24H21N3O2S. The molecule has 0 unspecified atom stereocenters. The summed E-state index contributed by atoms with van der Waals surface area (Å²) in [7, 11) is 0. The maximum atomic E-state index is 13.0. The number of para-hydroxylation sites is 1. The second-order valence-electron chi connectivity index (χ2n) is 7.36. The van der Waals surface area contributed by atoms with E-state index in [2.05, 4.69) is 17.1 Å². The van der Waals surface area contributed by atoms with Crippen LogP contribution in [-0.2, 0) is 12.4 Å². The van der Waals surface area contributed by atoms with Gasteiger partial charge < -0.3 is 4.74 Å². The number of thioether (sulfide) groups is 1. The summed E-state index contributed by atoms with van der Waals surface area (Å²) in [6, 6.07) is 21.7. The molecule has 4 aromatic rings. The van der Waals surface area contributed by atoms with E-state index in [4.69, 9.17) is 9.72 Å². The molecule has 2 aromatic carbocycles. The molecule has 0 N–H and O–H groups in total. The predicted molar refractivity (Wildman–Crippen MR) is 119 cm³/mol. The topological polar surface area (TPSA) is 57.0 Å². The standard InChI is InChI=1S/C24H21N3O2S/c28-23-21-6-1-2-7-22(21)26-24(27(23)19-10-11-19)30-16-17-8-12-20(13-9-17)29-15-18-5-3-4-14-25-18/h1-9,12-14,19H,10-11,15-16H2. The SMILES string of the molecule is O=c1c2ccccc2nc(SCc2ccc(OCc3ccccn3)cc2)n1C1CC1. The highest BCUT2D eigenvalue weighted by Gasteiger charge is 2.28. The molecule has 0 saturated heterocycles. The third-order valence-electron chi connectivity index (χ3n) is 5.09. The van der Waals surface area contributed by atoms with Crippen LogP contribution in [0, 0.1) is 0 Å². The molecule has 0 aliphatic heterocycles. The van der Waals surface area contributed by atoms with Crippen molar-refractivity contribution in [2.75, 3.05) is 0 Å². The lowest BCUT2D eigenvalue weighted by Crippen LogP contribution is -2.22. The van der Waals surface area contributed by atoms with E-state index < -0.39 is 0 Å². The Bertz CT molecular complexity index is 1220. The van der Waals surface area contributed by atoms with Gasteiger partial charge in [-0.25, -0.2) is 4.98 Å². The molecule has 1 saturated carbocycles. The summed E-state index contributed by atoms with van der Waals surface area (Å²) < 4.78 is 7.69. The van der Waals surface area contributed by atoms with Gasteiger partial charge in [0.15, 0.2) is 5.16 Å². The summed E-state index contributed by atoms with van der Waals surface area (Å²) in [5.41, 5.74) is 2.90. The van der Waals surface area contributed by atoms with Gasteiger partial charge in [-0.15, -0.1) is 0 Å². The fourth-order valence-corrected chi connectivity index (χ4v) is 4.37. The van der Waals surface area contributed by atoms with Gasteiger partial charge in [-0.3, -0.25) is 14.3 Å². The Morgan fingerprint density at radius 1 is 1.00 bits per heavy atom. The van der Waals surface area contributed by atoms with Gasteiger partial charge in [0.1, 0.15) is 12.4 Å². The molecule has 1 aliphatic rings. The maximum absolute atomic E-state index is 13.0. The number of rotatable bonds is 7. The van der Waals surface area contributed by atoms with Crippen LogP contribution in [0.15, 0.2) is 82.9 Å². The fraction of sp³-hybridized carbons (Fsp3) is 0.208. The predicted octanol–water partition coefficient (Wildman–Crippen LogP) is 5.00. The van der Waals surface area contributed by atoms with E-state index in [1.165, 1.54) is 0 Å². The molecule has 2 aromatic heterocycles. The number of benzene rings is 2. The van der Waals surface area contributed by atoms with Crippen LogP contribution in [0.4, 0.5) is 0 Å². The molecule has 1 aliphatic carbocycles. The van der Waals surface area contributed by atoms with Crippen molar-refractivity contribution >= 4 is 22.7 Å². The van der Waals surface area contributed by atoms with Gasteiger partial charge in [0.25, 0.3) is 5.56 Å². The Morgan fingerprint density at radius 2 is 1.80 bits per heavy atom. The molecule has 0 bridgehead atoms. The summed E-state index contributed by atoms with van der Waals surface area (Å²) >= 11 is 1.61. The highest BCUT2D eigenvalue weighted by molar-refractivity contribution is 7.98. The zero-order chi connectivity index (χ0) is 20.3. The largest absolute Gasteiger partial charge is 0.487 e. The van der Waals surface area contributed by atoms with Crippen molar-refractivity contribution in [1.29, 1.82) is 0 Å². The summed E-state index contributed by atoms with van der Waals surface area (Å²) in [6.07, 6.45) is 3.87. The zero-order valence-corrected chi connectivity index (χ0v) is 17.2. The number of ether oxygens (including phenoxy) is 1. The lowest BCUT2D eigenvalue weighted by atomic mass is 10.2. The van der Waals surface area contributed by atoms with Gasteiger partial charge in [-0.1, -0.05) is 42.1 Å². The molecule has 30 heavy (non-hydrogen) atoms. The van der Waals surface area contributed by atoms with Gasteiger partial charge in [0.05, 0.1) is 16.6 Å². The molecule has 5 nitrogen and oxygen atoms in total. The highest BCUT2D eigenvalue weighted by Crippen LogP contribution is 2.37. The summed E-state index contributed by atoms with van der Waals surface area (Å²) in [4.78, 5) is 22.0. The van der Waals surface area contributed by atoms with Crippen LogP contribution in [0.2, 0.25) is 0 Å². The highest BCUT2D eigenvalue weighted by atomic mass is 32.2. The quantitative estimate of drug-likeness (QED) is 0.314. The molecule has 1 fully saturated rings. The number of hydrogen-bond acceptors (Lipinski definition) is 5. The molecule has 0 radical (unpaired) electrons. The van der Waals surface area contributed by atoms with Crippen molar-refractivity contribution in [2.24, 2.45) is 0 Å². The maximum Gasteiger partial charge on any atom is 0.262 e. The van der Waals surface area contributed by atoms with Crippen LogP contribution in [0.25, 0.3) is 10.9 Å². The summed E-state index contributed by atoms with van der Waals surface area (Å²) in [6.45, 7) is 0.448. The van der Waals surface area contributed by atoms with Gasteiger partial charge in [0, 0.05) is 18.0 Å². The minimum atomic E-state index is 0.0730. The van der Waals surface area contributed by atoms with Gasteiger partial charge >= 0.3 is 0 Å². The molecule has 0 amide bonds. The third-order valence-corrected chi connectivity index (χ3v) is 6.12. The Morgan fingerprint density at radius 3 is 2.57 bits per heavy atom. The Balaban J connectivity index is 1.30.